The molecule has 0 saturated carbocycles. The summed E-state index contributed by atoms with van der Waals surface area (Å²) in [5, 5.41) is 5.45. The van der Waals surface area contributed by atoms with E-state index in [4.69, 9.17) is 9.73 Å². The quantitative estimate of drug-likeness (QED) is 0.387. The average Bonchev–Trinajstić information content (AvgIpc) is 3.31. The zero-order valence-corrected chi connectivity index (χ0v) is 23.3. The number of nitrogens with one attached hydrogen (secondary N) is 2. The van der Waals surface area contributed by atoms with Crippen LogP contribution in [0.1, 0.15) is 30.9 Å². The number of hydrogen-bond acceptors (Lipinski definition) is 7. The van der Waals surface area contributed by atoms with Gasteiger partial charge in [0.1, 0.15) is 23.4 Å². The van der Waals surface area contributed by atoms with Crippen molar-refractivity contribution in [3.05, 3.63) is 89.7 Å². The molecular formula is C30H28FN5O4S. The van der Waals surface area contributed by atoms with Crippen LogP contribution in [0, 0.1) is 5.82 Å². The van der Waals surface area contributed by atoms with Crippen molar-refractivity contribution in [2.45, 2.75) is 37.6 Å². The molecule has 2 aliphatic heterocycles. The molecule has 0 aromatic heterocycles. The molecule has 0 fully saturated rings. The Morgan fingerprint density at radius 1 is 1.10 bits per heavy atom. The molecule has 5 rings (SSSR count). The number of methoxy groups -OCH3 is 1. The van der Waals surface area contributed by atoms with Crippen molar-refractivity contribution in [2.24, 2.45) is 9.98 Å². The number of carbonyl (C=O) groups is 3. The zero-order chi connectivity index (χ0) is 28.9. The second-order valence-electron chi connectivity index (χ2n) is 9.40. The summed E-state index contributed by atoms with van der Waals surface area (Å²) in [5.74, 6) is -0.325. The summed E-state index contributed by atoms with van der Waals surface area (Å²) in [7, 11) is 1.55. The maximum Gasteiger partial charge on any atom is 0.259 e. The van der Waals surface area contributed by atoms with Gasteiger partial charge in [0.2, 0.25) is 11.8 Å². The maximum absolute atomic E-state index is 13.6. The number of thioether (sulfide) groups is 1. The Hall–Kier alpha value is -4.51. The van der Waals surface area contributed by atoms with E-state index in [2.05, 4.69) is 15.6 Å². The third-order valence-corrected chi connectivity index (χ3v) is 7.89. The molecular weight excluding hydrogens is 545 g/mol. The molecule has 0 unspecified atom stereocenters. The van der Waals surface area contributed by atoms with Crippen LogP contribution in [0.2, 0.25) is 0 Å². The van der Waals surface area contributed by atoms with Gasteiger partial charge in [-0.3, -0.25) is 19.4 Å². The van der Waals surface area contributed by atoms with E-state index < -0.39 is 11.3 Å². The van der Waals surface area contributed by atoms with E-state index in [-0.39, 0.29) is 36.5 Å². The number of anilines is 1. The molecule has 0 radical (unpaired) electrons. The van der Waals surface area contributed by atoms with Crippen LogP contribution < -0.4 is 15.4 Å². The molecule has 3 aromatic rings. The summed E-state index contributed by atoms with van der Waals surface area (Å²) in [4.78, 5) is 50.3. The van der Waals surface area contributed by atoms with E-state index in [1.54, 1.807) is 43.5 Å². The van der Waals surface area contributed by atoms with Gasteiger partial charge in [-0.05, 0) is 48.4 Å². The van der Waals surface area contributed by atoms with Crippen LogP contribution in [-0.2, 0) is 20.9 Å². The highest BCUT2D eigenvalue weighted by Gasteiger charge is 2.43. The van der Waals surface area contributed by atoms with Crippen LogP contribution in [0.25, 0.3) is 0 Å². The predicted molar refractivity (Wildman–Crippen MR) is 157 cm³/mol. The highest BCUT2D eigenvalue weighted by atomic mass is 32.2. The molecule has 2 heterocycles. The minimum absolute atomic E-state index is 0.159. The number of fused-ring (bicyclic) bond motifs is 3. The van der Waals surface area contributed by atoms with Crippen LogP contribution in [0.4, 0.5) is 15.8 Å². The molecule has 3 amide bonds. The van der Waals surface area contributed by atoms with Gasteiger partial charge in [0.05, 0.1) is 24.5 Å². The minimum atomic E-state index is -0.944. The van der Waals surface area contributed by atoms with Gasteiger partial charge >= 0.3 is 0 Å². The van der Waals surface area contributed by atoms with Crippen molar-refractivity contribution in [3.8, 4) is 5.75 Å². The zero-order valence-electron chi connectivity index (χ0n) is 22.5. The van der Waals surface area contributed by atoms with Crippen molar-refractivity contribution in [1.29, 1.82) is 0 Å². The standard InChI is InChI=1S/C30H28FN5O4S/c1-3-25(28(38)33-20-7-6-8-21(15-20)40-2)41-30-35-23-10-5-4-9-22(23)27-34-24(29(39)36(27)30)16-26(37)32-17-18-11-13-19(31)14-12-18/h4-15,24-25H,3,16-17H2,1-2H3,(H,32,37)(H,33,38)/t24-,25-/m1/s1. The van der Waals surface area contributed by atoms with E-state index in [1.165, 1.54) is 28.8 Å². The number of para-hydroxylation sites is 1. The van der Waals surface area contributed by atoms with Gasteiger partial charge < -0.3 is 15.4 Å². The van der Waals surface area contributed by atoms with Crippen LogP contribution in [0.15, 0.2) is 82.8 Å². The third kappa shape index (κ3) is 6.30. The Bertz CT molecular complexity index is 1540. The lowest BCUT2D eigenvalue weighted by atomic mass is 10.1. The molecule has 0 spiro atoms. The van der Waals surface area contributed by atoms with Gasteiger partial charge in [0.15, 0.2) is 5.17 Å². The lowest BCUT2D eigenvalue weighted by Gasteiger charge is -2.27. The number of rotatable bonds is 9. The minimum Gasteiger partial charge on any atom is -0.497 e. The highest BCUT2D eigenvalue weighted by Crippen LogP contribution is 2.36. The molecule has 0 bridgehead atoms. The van der Waals surface area contributed by atoms with Gasteiger partial charge in [0, 0.05) is 23.9 Å². The molecule has 9 nitrogen and oxygen atoms in total. The first kappa shape index (κ1) is 28.0. The van der Waals surface area contributed by atoms with E-state index >= 15 is 0 Å². The summed E-state index contributed by atoms with van der Waals surface area (Å²) >= 11 is 1.18. The van der Waals surface area contributed by atoms with Gasteiger partial charge in [-0.25, -0.2) is 14.3 Å². The summed E-state index contributed by atoms with van der Waals surface area (Å²) < 4.78 is 18.4. The number of nitrogens with zero attached hydrogens (tertiary/aromatic N) is 3. The van der Waals surface area contributed by atoms with Gasteiger partial charge in [-0.15, -0.1) is 0 Å². The van der Waals surface area contributed by atoms with Crippen LogP contribution in [0.5, 0.6) is 5.75 Å². The number of amidine groups is 2. The average molecular weight is 574 g/mol. The van der Waals surface area contributed by atoms with E-state index in [0.29, 0.717) is 40.1 Å². The third-order valence-electron chi connectivity index (χ3n) is 6.58. The predicted octanol–water partition coefficient (Wildman–Crippen LogP) is 4.65. The van der Waals surface area contributed by atoms with Gasteiger partial charge in [0.25, 0.3) is 5.91 Å². The summed E-state index contributed by atoms with van der Waals surface area (Å²) in [6.07, 6.45) is 0.318. The van der Waals surface area contributed by atoms with E-state index in [9.17, 15) is 18.8 Å². The lowest BCUT2D eigenvalue weighted by molar-refractivity contribution is -0.128. The molecule has 210 valence electrons. The summed E-state index contributed by atoms with van der Waals surface area (Å²) in [6.45, 7) is 2.08. The Morgan fingerprint density at radius 2 is 1.88 bits per heavy atom. The van der Waals surface area contributed by atoms with Crippen molar-refractivity contribution >= 4 is 51.9 Å². The molecule has 3 aromatic carbocycles. The molecule has 2 N–H and O–H groups in total. The molecule has 11 heteroatoms. The second-order valence-corrected chi connectivity index (χ2v) is 10.6. The van der Waals surface area contributed by atoms with Crippen LogP contribution >= 0.6 is 11.8 Å². The van der Waals surface area contributed by atoms with Crippen molar-refractivity contribution < 1.29 is 23.5 Å². The fraction of sp³-hybridized carbons (Fsp3) is 0.233. The van der Waals surface area contributed by atoms with Crippen molar-refractivity contribution in [2.75, 3.05) is 12.4 Å². The fourth-order valence-electron chi connectivity index (χ4n) is 4.44. The SMILES string of the molecule is CC[C@@H](SC1=Nc2ccccc2C2=N[C@H](CC(=O)NCc3ccc(F)cc3)C(=O)N12)C(=O)Nc1cccc(OC)c1. The molecule has 0 saturated heterocycles. The van der Waals surface area contributed by atoms with E-state index in [0.717, 1.165) is 5.56 Å². The number of carbonyl (C=O) groups excluding carboxylic acids is 3. The number of halogens is 1. The Morgan fingerprint density at radius 3 is 2.63 bits per heavy atom. The Balaban J connectivity index is 1.32. The van der Waals surface area contributed by atoms with Crippen molar-refractivity contribution in [1.82, 2.24) is 10.2 Å². The first-order valence-corrected chi connectivity index (χ1v) is 14.0. The van der Waals surface area contributed by atoms with Crippen LogP contribution in [-0.4, -0.2) is 52.0 Å². The summed E-state index contributed by atoms with van der Waals surface area (Å²) in [6, 6.07) is 19.2. The highest BCUT2D eigenvalue weighted by molar-refractivity contribution is 8.15. The molecule has 2 atom stereocenters. The maximum atomic E-state index is 13.6. The fourth-order valence-corrected chi connectivity index (χ4v) is 5.46. The largest absolute Gasteiger partial charge is 0.497 e. The van der Waals surface area contributed by atoms with E-state index in [1.807, 2.05) is 31.2 Å². The number of ether oxygens (including phenoxy) is 1. The summed E-state index contributed by atoms with van der Waals surface area (Å²) in [5.41, 5.74) is 2.63. The van der Waals surface area contributed by atoms with Crippen molar-refractivity contribution in [3.63, 3.8) is 0 Å². The molecule has 41 heavy (non-hydrogen) atoms. The number of amides is 3. The topological polar surface area (TPSA) is 112 Å². The van der Waals surface area contributed by atoms with Gasteiger partial charge in [-0.1, -0.05) is 49.0 Å². The number of benzene rings is 3. The Kier molecular flexibility index (Phi) is 8.44. The monoisotopic (exact) mass is 573 g/mol. The molecule has 0 aliphatic carbocycles. The second kappa shape index (κ2) is 12.3. The lowest BCUT2D eigenvalue weighted by Crippen LogP contribution is -2.43. The normalized spacial score (nSPS) is 16.2. The first-order chi connectivity index (χ1) is 19.9. The smallest absolute Gasteiger partial charge is 0.259 e. The molecule has 2 aliphatic rings. The number of hydrogen-bond donors (Lipinski definition) is 2. The number of aliphatic imine (C=N–C) groups is 2. The van der Waals surface area contributed by atoms with Crippen LogP contribution in [0.3, 0.4) is 0 Å². The Labute approximate surface area is 240 Å². The van der Waals surface area contributed by atoms with Gasteiger partial charge in [-0.2, -0.15) is 0 Å². The first-order valence-electron chi connectivity index (χ1n) is 13.1.